The van der Waals surface area contributed by atoms with Gasteiger partial charge in [0.1, 0.15) is 6.54 Å². The summed E-state index contributed by atoms with van der Waals surface area (Å²) in [5.41, 5.74) is 1.46. The second-order valence-electron chi connectivity index (χ2n) is 7.37. The van der Waals surface area contributed by atoms with Gasteiger partial charge < -0.3 is 0 Å². The maximum atomic E-state index is 13.0. The summed E-state index contributed by atoms with van der Waals surface area (Å²) in [7, 11) is 3.04. The van der Waals surface area contributed by atoms with E-state index in [1.54, 1.807) is 43.4 Å². The number of rotatable bonds is 5. The highest BCUT2D eigenvalue weighted by molar-refractivity contribution is 8.14. The van der Waals surface area contributed by atoms with E-state index in [0.717, 1.165) is 10.5 Å². The second-order valence-corrected chi connectivity index (χ2v) is 9.18. The first kappa shape index (κ1) is 22.5. The molecule has 7 nitrogen and oxygen atoms in total. The number of thioether (sulfide) groups is 1. The van der Waals surface area contributed by atoms with Crippen LogP contribution >= 0.6 is 35.0 Å². The maximum absolute atomic E-state index is 13.0. The van der Waals surface area contributed by atoms with Gasteiger partial charge in [-0.3, -0.25) is 19.4 Å². The van der Waals surface area contributed by atoms with Gasteiger partial charge in [0, 0.05) is 29.7 Å². The van der Waals surface area contributed by atoms with Gasteiger partial charge in [-0.2, -0.15) is 0 Å². The van der Waals surface area contributed by atoms with Crippen LogP contribution in [0.1, 0.15) is 15.9 Å². The molecule has 2 heterocycles. The van der Waals surface area contributed by atoms with Gasteiger partial charge in [0.25, 0.3) is 17.8 Å². The van der Waals surface area contributed by atoms with Gasteiger partial charge in [-0.05, 0) is 58.7 Å². The number of fused-ring (bicyclic) bond motifs is 1. The molecule has 2 aliphatic heterocycles. The first-order valence-electron chi connectivity index (χ1n) is 9.69. The van der Waals surface area contributed by atoms with Crippen LogP contribution < -0.4 is 0 Å². The second kappa shape index (κ2) is 9.05. The number of halogens is 2. The Morgan fingerprint density at radius 3 is 2.22 bits per heavy atom. The standard InChI is InChI=1S/C22H19Cl2N4O3S/c1-26-19-18(20(30)27(2)22(26)31)28(11-13-3-7-15(23)8-4-13)21(25-19)32-12-17(29)14-5-9-16(24)10-6-14/h3-10,18H,11-12H2,1-2H3/q+1. The molecule has 0 spiro atoms. The summed E-state index contributed by atoms with van der Waals surface area (Å²) >= 11 is 13.1. The van der Waals surface area contributed by atoms with Gasteiger partial charge in [0.05, 0.1) is 5.75 Å². The van der Waals surface area contributed by atoms with Crippen LogP contribution in [-0.2, 0) is 11.3 Å². The number of amides is 3. The van der Waals surface area contributed by atoms with Crippen LogP contribution in [0, 0.1) is 0 Å². The van der Waals surface area contributed by atoms with Gasteiger partial charge in [0.2, 0.25) is 0 Å². The number of nitrogens with zero attached hydrogens (tertiary/aromatic N) is 4. The number of carbonyl (C=O) groups is 3. The zero-order valence-electron chi connectivity index (χ0n) is 17.3. The molecule has 0 saturated carbocycles. The Kier molecular flexibility index (Phi) is 6.37. The van der Waals surface area contributed by atoms with Crippen LogP contribution in [0.25, 0.3) is 0 Å². The van der Waals surface area contributed by atoms with Crippen LogP contribution in [0.2, 0.25) is 10.0 Å². The average molecular weight is 490 g/mol. The van der Waals surface area contributed by atoms with Crippen LogP contribution in [0.15, 0.2) is 53.5 Å². The summed E-state index contributed by atoms with van der Waals surface area (Å²) in [5, 5.41) is 1.67. The fourth-order valence-corrected chi connectivity index (χ4v) is 4.66. The summed E-state index contributed by atoms with van der Waals surface area (Å²) in [6, 6.07) is 12.8. The van der Waals surface area contributed by atoms with Crippen molar-refractivity contribution in [3.63, 3.8) is 0 Å². The molecule has 0 aliphatic carbocycles. The minimum Gasteiger partial charge on any atom is -0.293 e. The van der Waals surface area contributed by atoms with Crippen LogP contribution in [0.3, 0.4) is 0 Å². The van der Waals surface area contributed by atoms with Crippen molar-refractivity contribution < 1.29 is 19.0 Å². The smallest absolute Gasteiger partial charge is 0.293 e. The lowest BCUT2D eigenvalue weighted by atomic mass is 10.1. The van der Waals surface area contributed by atoms with E-state index in [9.17, 15) is 14.4 Å². The average Bonchev–Trinajstić information content (AvgIpc) is 3.15. The predicted octanol–water partition coefficient (Wildman–Crippen LogP) is 3.78. The van der Waals surface area contributed by atoms with Crippen LogP contribution in [0.5, 0.6) is 0 Å². The molecule has 0 bridgehead atoms. The summed E-state index contributed by atoms with van der Waals surface area (Å²) in [5.74, 6) is 0.0294. The van der Waals surface area contributed by atoms with E-state index >= 15 is 0 Å². The highest BCUT2D eigenvalue weighted by atomic mass is 35.5. The number of aliphatic imine (C=N–C) groups is 1. The minimum atomic E-state index is -0.744. The normalized spacial score (nSPS) is 18.2. The van der Waals surface area contributed by atoms with Crippen LogP contribution in [0.4, 0.5) is 4.79 Å². The number of likely N-dealkylation sites (N-methyl/N-ethyl adjacent to an activating group) is 2. The Balaban J connectivity index is 1.64. The molecule has 1 saturated heterocycles. The Hall–Kier alpha value is -2.68. The third kappa shape index (κ3) is 4.30. The largest absolute Gasteiger partial charge is 0.358 e. The number of urea groups is 1. The van der Waals surface area contributed by atoms with Gasteiger partial charge >= 0.3 is 11.2 Å². The molecule has 2 aromatic rings. The van der Waals surface area contributed by atoms with Gasteiger partial charge in [-0.15, -0.1) is 0 Å². The molecule has 1 atom stereocenters. The van der Waals surface area contributed by atoms with Crippen molar-refractivity contribution in [2.75, 3.05) is 19.8 Å². The van der Waals surface area contributed by atoms with Gasteiger partial charge in [-0.25, -0.2) is 9.37 Å². The summed E-state index contributed by atoms with van der Waals surface area (Å²) in [6.07, 6.45) is 0. The summed E-state index contributed by atoms with van der Waals surface area (Å²) < 4.78 is 1.82. The Labute approximate surface area is 199 Å². The van der Waals surface area contributed by atoms with Gasteiger partial charge in [-0.1, -0.05) is 35.3 Å². The molecule has 164 valence electrons. The predicted molar refractivity (Wildman–Crippen MR) is 126 cm³/mol. The molecular formula is C22H19Cl2N4O3S+. The SMILES string of the molecule is CN1C(=O)C2C(=NC(SCC(=O)c3ccc(Cl)cc3)=[N+]2Cc2ccc(Cl)cc2)N(C)C1=O. The third-order valence-electron chi connectivity index (χ3n) is 5.26. The molecule has 10 heteroatoms. The molecule has 1 unspecified atom stereocenters. The quantitative estimate of drug-likeness (QED) is 0.473. The topological polar surface area (TPSA) is 73.1 Å². The van der Waals surface area contributed by atoms with Gasteiger partial charge in [0.15, 0.2) is 5.78 Å². The van der Waals surface area contributed by atoms with E-state index in [4.69, 9.17) is 23.2 Å². The molecule has 4 rings (SSSR count). The van der Waals surface area contributed by atoms with Crippen molar-refractivity contribution in [2.45, 2.75) is 12.6 Å². The molecule has 32 heavy (non-hydrogen) atoms. The molecule has 0 N–H and O–H groups in total. The Bertz CT molecular complexity index is 1160. The van der Waals surface area contributed by atoms with Crippen molar-refractivity contribution in [3.05, 3.63) is 69.7 Å². The molecule has 0 radical (unpaired) electrons. The molecule has 2 aromatic carbocycles. The Morgan fingerprint density at radius 1 is 1.00 bits per heavy atom. The zero-order chi connectivity index (χ0) is 23.0. The van der Waals surface area contributed by atoms with Crippen LogP contribution in [-0.4, -0.2) is 69.0 Å². The summed E-state index contributed by atoms with van der Waals surface area (Å²) in [4.78, 5) is 45.1. The Morgan fingerprint density at radius 2 is 1.59 bits per heavy atom. The number of benzene rings is 2. The number of Topliss-reactive ketones (excluding diaryl/α,β-unsaturated/α-hetero) is 1. The van der Waals surface area contributed by atoms with Crippen molar-refractivity contribution in [1.29, 1.82) is 0 Å². The molecule has 1 fully saturated rings. The number of hydrogen-bond donors (Lipinski definition) is 0. The maximum Gasteiger partial charge on any atom is 0.358 e. The summed E-state index contributed by atoms with van der Waals surface area (Å²) in [6.45, 7) is 0.369. The van der Waals surface area contributed by atoms with E-state index in [-0.39, 0.29) is 17.4 Å². The number of hydrogen-bond acceptors (Lipinski definition) is 5. The first-order valence-corrected chi connectivity index (χ1v) is 11.4. The highest BCUT2D eigenvalue weighted by Gasteiger charge is 2.53. The number of imide groups is 1. The third-order valence-corrected chi connectivity index (χ3v) is 6.75. The lowest BCUT2D eigenvalue weighted by molar-refractivity contribution is -0.548. The van der Waals surface area contributed by atoms with Crippen molar-refractivity contribution in [1.82, 2.24) is 9.80 Å². The number of ketones is 1. The van der Waals surface area contributed by atoms with Crippen molar-refractivity contribution in [2.24, 2.45) is 4.99 Å². The fraction of sp³-hybridized carbons (Fsp3) is 0.227. The van der Waals surface area contributed by atoms with E-state index in [2.05, 4.69) is 4.99 Å². The lowest BCUT2D eigenvalue weighted by Gasteiger charge is -2.30. The van der Waals surface area contributed by atoms with E-state index in [1.807, 2.05) is 16.7 Å². The number of amidine groups is 2. The molecular weight excluding hydrogens is 471 g/mol. The minimum absolute atomic E-state index is 0.0893. The molecule has 3 amide bonds. The fourth-order valence-electron chi connectivity index (χ4n) is 3.49. The van der Waals surface area contributed by atoms with E-state index in [1.165, 1.54) is 23.7 Å². The zero-order valence-corrected chi connectivity index (χ0v) is 19.6. The lowest BCUT2D eigenvalue weighted by Crippen LogP contribution is -2.61. The van der Waals surface area contributed by atoms with Crippen molar-refractivity contribution in [3.8, 4) is 0 Å². The molecule has 2 aliphatic rings. The van der Waals surface area contributed by atoms with Crippen molar-refractivity contribution >= 4 is 63.7 Å². The monoisotopic (exact) mass is 489 g/mol. The first-order chi connectivity index (χ1) is 15.3. The number of carbonyl (C=O) groups excluding carboxylic acids is 3. The van der Waals surface area contributed by atoms with E-state index in [0.29, 0.717) is 33.2 Å². The molecule has 0 aromatic heterocycles. The van der Waals surface area contributed by atoms with E-state index < -0.39 is 12.1 Å². The highest BCUT2D eigenvalue weighted by Crippen LogP contribution is 2.25.